The first-order chi connectivity index (χ1) is 8.66. The molecule has 0 bridgehead atoms. The Morgan fingerprint density at radius 1 is 1.50 bits per heavy atom. The fourth-order valence-corrected chi connectivity index (χ4v) is 2.23. The molecule has 0 radical (unpaired) electrons. The first kappa shape index (κ1) is 13.1. The average Bonchev–Trinajstić information content (AvgIpc) is 2.82. The Morgan fingerprint density at radius 3 is 2.83 bits per heavy atom. The molecule has 1 atom stereocenters. The number of hydrogen-bond donors (Lipinski definition) is 1. The monoisotopic (exact) mass is 251 g/mol. The van der Waals surface area contributed by atoms with Gasteiger partial charge in [-0.25, -0.2) is 0 Å². The number of carbonyl (C=O) groups excluding carboxylic acids is 1. The molecule has 1 fully saturated rings. The van der Waals surface area contributed by atoms with E-state index in [9.17, 15) is 4.79 Å². The molecular weight excluding hydrogens is 230 g/mol. The van der Waals surface area contributed by atoms with E-state index in [0.717, 1.165) is 37.4 Å². The summed E-state index contributed by atoms with van der Waals surface area (Å²) in [5.74, 6) is 0.955. The van der Waals surface area contributed by atoms with E-state index >= 15 is 0 Å². The van der Waals surface area contributed by atoms with Crippen molar-refractivity contribution in [3.8, 4) is 0 Å². The van der Waals surface area contributed by atoms with Crippen LogP contribution in [0.4, 0.5) is 0 Å². The van der Waals surface area contributed by atoms with E-state index in [4.69, 9.17) is 4.52 Å². The van der Waals surface area contributed by atoms with E-state index in [2.05, 4.69) is 10.5 Å². The molecule has 5 heteroatoms. The van der Waals surface area contributed by atoms with Crippen molar-refractivity contribution < 1.29 is 9.32 Å². The summed E-state index contributed by atoms with van der Waals surface area (Å²) < 4.78 is 5.10. The maximum atomic E-state index is 12.1. The van der Waals surface area contributed by atoms with E-state index in [-0.39, 0.29) is 11.9 Å². The number of aryl methyl sites for hydroxylation is 1. The number of likely N-dealkylation sites (tertiary alicyclic amines) is 1. The van der Waals surface area contributed by atoms with Gasteiger partial charge in [-0.3, -0.25) is 10.1 Å². The van der Waals surface area contributed by atoms with Crippen LogP contribution in [0.15, 0.2) is 10.6 Å². The number of rotatable bonds is 4. The lowest BCUT2D eigenvalue weighted by Crippen LogP contribution is -2.46. The first-order valence-corrected chi connectivity index (χ1v) is 6.61. The summed E-state index contributed by atoms with van der Waals surface area (Å²) in [6, 6.07) is 1.71. The topological polar surface area (TPSA) is 58.4 Å². The van der Waals surface area contributed by atoms with Crippen molar-refractivity contribution in [2.24, 2.45) is 0 Å². The molecular formula is C13H21N3O2. The highest BCUT2D eigenvalue weighted by Crippen LogP contribution is 2.10. The van der Waals surface area contributed by atoms with E-state index in [1.165, 1.54) is 6.42 Å². The van der Waals surface area contributed by atoms with Crippen molar-refractivity contribution in [1.29, 1.82) is 0 Å². The minimum Gasteiger partial charge on any atom is -0.360 e. The summed E-state index contributed by atoms with van der Waals surface area (Å²) in [4.78, 5) is 14.1. The van der Waals surface area contributed by atoms with Crippen LogP contribution in [0, 0.1) is 6.92 Å². The molecule has 1 aliphatic heterocycles. The van der Waals surface area contributed by atoms with Crippen molar-refractivity contribution in [3.05, 3.63) is 17.5 Å². The third-order valence-corrected chi connectivity index (χ3v) is 3.30. The van der Waals surface area contributed by atoms with E-state index in [1.807, 2.05) is 24.8 Å². The molecule has 1 aliphatic rings. The third kappa shape index (κ3) is 3.32. The summed E-state index contributed by atoms with van der Waals surface area (Å²) >= 11 is 0. The lowest BCUT2D eigenvalue weighted by molar-refractivity contribution is -0.134. The zero-order valence-electron chi connectivity index (χ0n) is 11.1. The molecule has 5 nitrogen and oxygen atoms in total. The van der Waals surface area contributed by atoms with Crippen LogP contribution in [0.3, 0.4) is 0 Å². The Morgan fingerprint density at radius 2 is 2.22 bits per heavy atom. The maximum absolute atomic E-state index is 12.1. The standard InChI is InChI=1S/C13H21N3O2/c1-10-8-12(18-15-10)9-14-11(2)13(17)16-6-4-3-5-7-16/h8,11,14H,3-7,9H2,1-2H3. The molecule has 1 unspecified atom stereocenters. The Kier molecular flexibility index (Phi) is 4.36. The second kappa shape index (κ2) is 6.00. The van der Waals surface area contributed by atoms with Crippen molar-refractivity contribution >= 4 is 5.91 Å². The van der Waals surface area contributed by atoms with E-state index in [0.29, 0.717) is 6.54 Å². The molecule has 18 heavy (non-hydrogen) atoms. The quantitative estimate of drug-likeness (QED) is 0.880. The molecule has 2 heterocycles. The molecule has 2 rings (SSSR count). The summed E-state index contributed by atoms with van der Waals surface area (Å²) in [7, 11) is 0. The average molecular weight is 251 g/mol. The summed E-state index contributed by atoms with van der Waals surface area (Å²) in [5.41, 5.74) is 0.863. The van der Waals surface area contributed by atoms with Gasteiger partial charge in [0.25, 0.3) is 0 Å². The molecule has 1 amide bonds. The van der Waals surface area contributed by atoms with Crippen LogP contribution in [0.2, 0.25) is 0 Å². The van der Waals surface area contributed by atoms with Crippen LogP contribution in [-0.2, 0) is 11.3 Å². The zero-order valence-corrected chi connectivity index (χ0v) is 11.1. The number of aromatic nitrogens is 1. The van der Waals surface area contributed by atoms with Gasteiger partial charge in [-0.05, 0) is 33.1 Å². The predicted octanol–water partition coefficient (Wildman–Crippen LogP) is 1.47. The highest BCUT2D eigenvalue weighted by molar-refractivity contribution is 5.81. The Labute approximate surface area is 108 Å². The molecule has 1 saturated heterocycles. The van der Waals surface area contributed by atoms with Gasteiger partial charge in [-0.15, -0.1) is 0 Å². The van der Waals surface area contributed by atoms with Gasteiger partial charge in [0.05, 0.1) is 18.3 Å². The van der Waals surface area contributed by atoms with Gasteiger partial charge in [-0.1, -0.05) is 5.16 Å². The van der Waals surface area contributed by atoms with Gasteiger partial charge in [0.1, 0.15) is 0 Å². The third-order valence-electron chi connectivity index (χ3n) is 3.30. The van der Waals surface area contributed by atoms with Crippen molar-refractivity contribution in [3.63, 3.8) is 0 Å². The molecule has 0 saturated carbocycles. The van der Waals surface area contributed by atoms with E-state index in [1.54, 1.807) is 0 Å². The number of nitrogens with zero attached hydrogens (tertiary/aromatic N) is 2. The second-order valence-corrected chi connectivity index (χ2v) is 4.92. The van der Waals surface area contributed by atoms with Crippen molar-refractivity contribution in [2.45, 2.75) is 45.7 Å². The number of nitrogens with one attached hydrogen (secondary N) is 1. The Hall–Kier alpha value is -1.36. The SMILES string of the molecule is Cc1cc(CNC(C)C(=O)N2CCCCC2)on1. The molecule has 0 aliphatic carbocycles. The largest absolute Gasteiger partial charge is 0.360 e. The summed E-state index contributed by atoms with van der Waals surface area (Å²) in [6.45, 7) is 6.12. The molecule has 1 aromatic heterocycles. The lowest BCUT2D eigenvalue weighted by atomic mass is 10.1. The number of piperidine rings is 1. The van der Waals surface area contributed by atoms with Gasteiger partial charge >= 0.3 is 0 Å². The highest BCUT2D eigenvalue weighted by atomic mass is 16.5. The van der Waals surface area contributed by atoms with Crippen LogP contribution >= 0.6 is 0 Å². The molecule has 1 aromatic rings. The molecule has 100 valence electrons. The lowest BCUT2D eigenvalue weighted by Gasteiger charge is -2.29. The van der Waals surface area contributed by atoms with Crippen molar-refractivity contribution in [1.82, 2.24) is 15.4 Å². The van der Waals surface area contributed by atoms with Gasteiger partial charge in [0.15, 0.2) is 5.76 Å². The van der Waals surface area contributed by atoms with E-state index < -0.39 is 0 Å². The van der Waals surface area contributed by atoms with Gasteiger partial charge in [-0.2, -0.15) is 0 Å². The smallest absolute Gasteiger partial charge is 0.239 e. The highest BCUT2D eigenvalue weighted by Gasteiger charge is 2.21. The van der Waals surface area contributed by atoms with Crippen LogP contribution in [0.25, 0.3) is 0 Å². The summed E-state index contributed by atoms with van der Waals surface area (Å²) in [6.07, 6.45) is 3.49. The van der Waals surface area contributed by atoms with Crippen LogP contribution in [0.1, 0.15) is 37.6 Å². The number of hydrogen-bond acceptors (Lipinski definition) is 4. The molecule has 0 spiro atoms. The van der Waals surface area contributed by atoms with Crippen LogP contribution < -0.4 is 5.32 Å². The maximum Gasteiger partial charge on any atom is 0.239 e. The zero-order chi connectivity index (χ0) is 13.0. The molecule has 0 aromatic carbocycles. The Balaban J connectivity index is 1.79. The number of amides is 1. The normalized spacial score (nSPS) is 17.8. The van der Waals surface area contributed by atoms with Crippen LogP contribution in [0.5, 0.6) is 0 Å². The molecule has 1 N–H and O–H groups in total. The fourth-order valence-electron chi connectivity index (χ4n) is 2.23. The second-order valence-electron chi connectivity index (χ2n) is 4.92. The van der Waals surface area contributed by atoms with Gasteiger partial charge in [0, 0.05) is 19.2 Å². The van der Waals surface area contributed by atoms with Crippen LogP contribution in [-0.4, -0.2) is 35.1 Å². The summed E-state index contributed by atoms with van der Waals surface area (Å²) in [5, 5.41) is 7.00. The predicted molar refractivity (Wildman–Crippen MR) is 68.0 cm³/mol. The first-order valence-electron chi connectivity index (χ1n) is 6.61. The van der Waals surface area contributed by atoms with Gasteiger partial charge in [0.2, 0.25) is 5.91 Å². The van der Waals surface area contributed by atoms with Crippen molar-refractivity contribution in [2.75, 3.05) is 13.1 Å². The Bertz CT molecular complexity index is 397. The van der Waals surface area contributed by atoms with Gasteiger partial charge < -0.3 is 9.42 Å². The minimum absolute atomic E-state index is 0.173. The fraction of sp³-hybridized carbons (Fsp3) is 0.692. The minimum atomic E-state index is -0.173. The number of carbonyl (C=O) groups is 1.